The zero-order chi connectivity index (χ0) is 11.7. The van der Waals surface area contributed by atoms with Crippen LogP contribution in [0.1, 0.15) is 18.3 Å². The van der Waals surface area contributed by atoms with Crippen molar-refractivity contribution in [3.8, 4) is 5.95 Å². The lowest BCUT2D eigenvalue weighted by Gasteiger charge is -2.04. The summed E-state index contributed by atoms with van der Waals surface area (Å²) in [6.07, 6.45) is 1.79. The molecule has 0 aromatic carbocycles. The Morgan fingerprint density at radius 1 is 1.44 bits per heavy atom. The molecule has 0 radical (unpaired) electrons. The Hall–Kier alpha value is -1.68. The molecule has 0 saturated carbocycles. The van der Waals surface area contributed by atoms with Gasteiger partial charge in [0.25, 0.3) is 5.95 Å². The maximum atomic E-state index is 5.92. The van der Waals surface area contributed by atoms with Crippen molar-refractivity contribution in [3.05, 3.63) is 41.4 Å². The molecule has 2 aromatic heterocycles. The Morgan fingerprint density at radius 3 is 2.75 bits per heavy atom. The van der Waals surface area contributed by atoms with Gasteiger partial charge in [0.2, 0.25) is 0 Å². The first-order valence-electron chi connectivity index (χ1n) is 4.79. The predicted molar refractivity (Wildman–Crippen MR) is 63.6 cm³/mol. The predicted octanol–water partition coefficient (Wildman–Crippen LogP) is 2.66. The maximum absolute atomic E-state index is 5.92. The van der Waals surface area contributed by atoms with Gasteiger partial charge in [0, 0.05) is 12.3 Å². The van der Waals surface area contributed by atoms with Crippen LogP contribution in [0.2, 0.25) is 5.15 Å². The van der Waals surface area contributed by atoms with E-state index in [1.165, 1.54) is 0 Å². The van der Waals surface area contributed by atoms with Gasteiger partial charge in [0.15, 0.2) is 0 Å². The number of hydrogen-bond donors (Lipinski definition) is 0. The zero-order valence-corrected chi connectivity index (χ0v) is 9.86. The fraction of sp³-hybridized carbons (Fsp3) is 0.182. The third kappa shape index (κ3) is 2.12. The number of nitrogens with zero attached hydrogens (tertiary/aromatic N) is 4. The Labute approximate surface area is 98.6 Å². The highest BCUT2D eigenvalue weighted by molar-refractivity contribution is 6.29. The van der Waals surface area contributed by atoms with Crippen LogP contribution in [-0.4, -0.2) is 19.7 Å². The van der Waals surface area contributed by atoms with Gasteiger partial charge in [-0.2, -0.15) is 10.1 Å². The molecule has 0 spiro atoms. The summed E-state index contributed by atoms with van der Waals surface area (Å²) in [5.74, 6) is 0.457. The third-order valence-electron chi connectivity index (χ3n) is 2.05. The largest absolute Gasteiger partial charge is 0.252 e. The topological polar surface area (TPSA) is 43.6 Å². The van der Waals surface area contributed by atoms with Crippen molar-refractivity contribution in [2.75, 3.05) is 0 Å². The molecule has 0 aliphatic heterocycles. The first-order chi connectivity index (χ1) is 7.56. The van der Waals surface area contributed by atoms with E-state index in [-0.39, 0.29) is 0 Å². The minimum atomic E-state index is 0.385. The Bertz CT molecular complexity index is 545. The van der Waals surface area contributed by atoms with E-state index in [0.29, 0.717) is 11.1 Å². The lowest BCUT2D eigenvalue weighted by atomic mass is 10.2. The molecule has 2 aromatic rings. The molecular weight excluding hydrogens is 224 g/mol. The van der Waals surface area contributed by atoms with Crippen LogP contribution < -0.4 is 0 Å². The molecule has 5 heteroatoms. The molecule has 0 N–H and O–H groups in total. The number of rotatable bonds is 2. The van der Waals surface area contributed by atoms with Gasteiger partial charge in [-0.3, -0.25) is 0 Å². The fourth-order valence-corrected chi connectivity index (χ4v) is 1.43. The summed E-state index contributed by atoms with van der Waals surface area (Å²) in [4.78, 5) is 8.44. The summed E-state index contributed by atoms with van der Waals surface area (Å²) < 4.78 is 1.59. The van der Waals surface area contributed by atoms with Gasteiger partial charge in [-0.25, -0.2) is 9.67 Å². The molecule has 0 bridgehead atoms. The van der Waals surface area contributed by atoms with Gasteiger partial charge < -0.3 is 0 Å². The van der Waals surface area contributed by atoms with E-state index in [9.17, 15) is 0 Å². The van der Waals surface area contributed by atoms with Gasteiger partial charge in [0.05, 0.1) is 11.4 Å². The van der Waals surface area contributed by atoms with E-state index in [2.05, 4.69) is 21.6 Å². The van der Waals surface area contributed by atoms with Crippen LogP contribution >= 0.6 is 11.6 Å². The van der Waals surface area contributed by atoms with E-state index < -0.39 is 0 Å². The van der Waals surface area contributed by atoms with Crippen LogP contribution in [0.25, 0.3) is 11.5 Å². The van der Waals surface area contributed by atoms with Gasteiger partial charge in [-0.15, -0.1) is 0 Å². The zero-order valence-electron chi connectivity index (χ0n) is 9.11. The molecule has 0 saturated heterocycles. The Morgan fingerprint density at radius 2 is 2.19 bits per heavy atom. The van der Waals surface area contributed by atoms with E-state index >= 15 is 0 Å². The van der Waals surface area contributed by atoms with Crippen molar-refractivity contribution >= 4 is 17.2 Å². The summed E-state index contributed by atoms with van der Waals surface area (Å²) in [6.45, 7) is 7.60. The second kappa shape index (κ2) is 4.06. The second-order valence-corrected chi connectivity index (χ2v) is 3.95. The highest BCUT2D eigenvalue weighted by Gasteiger charge is 2.06. The van der Waals surface area contributed by atoms with Crippen molar-refractivity contribution in [1.82, 2.24) is 19.7 Å². The quantitative estimate of drug-likeness (QED) is 0.751. The normalized spacial score (nSPS) is 10.4. The van der Waals surface area contributed by atoms with E-state index in [0.717, 1.165) is 17.0 Å². The number of halogens is 1. The number of hydrogen-bond acceptors (Lipinski definition) is 3. The lowest BCUT2D eigenvalue weighted by molar-refractivity contribution is 0.794. The van der Waals surface area contributed by atoms with Crippen molar-refractivity contribution < 1.29 is 0 Å². The fourth-order valence-electron chi connectivity index (χ4n) is 1.25. The molecule has 0 fully saturated rings. The molecule has 0 aliphatic carbocycles. The number of allylic oxidation sites excluding steroid dienone is 1. The van der Waals surface area contributed by atoms with Crippen LogP contribution in [0.4, 0.5) is 0 Å². The van der Waals surface area contributed by atoms with E-state index in [4.69, 9.17) is 11.6 Å². The van der Waals surface area contributed by atoms with Crippen molar-refractivity contribution in [2.24, 2.45) is 0 Å². The SMILES string of the molecule is C=C(C)c1cc(Cl)nc(-n2ccc(C)n2)n1. The van der Waals surface area contributed by atoms with Crippen molar-refractivity contribution in [3.63, 3.8) is 0 Å². The first kappa shape index (κ1) is 10.8. The highest BCUT2D eigenvalue weighted by Crippen LogP contribution is 2.15. The molecule has 0 unspecified atom stereocenters. The minimum absolute atomic E-state index is 0.385. The van der Waals surface area contributed by atoms with Gasteiger partial charge in [-0.05, 0) is 25.5 Å². The molecule has 0 aliphatic rings. The van der Waals surface area contributed by atoms with E-state index in [1.807, 2.05) is 19.9 Å². The van der Waals surface area contributed by atoms with Gasteiger partial charge in [-0.1, -0.05) is 18.2 Å². The smallest absolute Gasteiger partial charge is 0.211 e. The van der Waals surface area contributed by atoms with Crippen LogP contribution in [0.5, 0.6) is 0 Å². The van der Waals surface area contributed by atoms with Crippen LogP contribution in [0.15, 0.2) is 24.9 Å². The van der Waals surface area contributed by atoms with Crippen LogP contribution in [0, 0.1) is 6.92 Å². The summed E-state index contributed by atoms with van der Waals surface area (Å²) in [5.41, 5.74) is 2.47. The van der Waals surface area contributed by atoms with Gasteiger partial charge >= 0.3 is 0 Å². The Kier molecular flexibility index (Phi) is 2.75. The molecular formula is C11H11ClN4. The maximum Gasteiger partial charge on any atom is 0.252 e. The highest BCUT2D eigenvalue weighted by atomic mass is 35.5. The monoisotopic (exact) mass is 234 g/mol. The Balaban J connectivity index is 2.53. The molecule has 2 heterocycles. The average molecular weight is 235 g/mol. The van der Waals surface area contributed by atoms with Crippen LogP contribution in [-0.2, 0) is 0 Å². The molecule has 0 amide bonds. The summed E-state index contributed by atoms with van der Waals surface area (Å²) in [5, 5.41) is 4.61. The molecule has 2 rings (SSSR count). The van der Waals surface area contributed by atoms with Crippen molar-refractivity contribution in [2.45, 2.75) is 13.8 Å². The average Bonchev–Trinajstić information content (AvgIpc) is 2.64. The van der Waals surface area contributed by atoms with Crippen LogP contribution in [0.3, 0.4) is 0 Å². The first-order valence-corrected chi connectivity index (χ1v) is 5.17. The minimum Gasteiger partial charge on any atom is -0.211 e. The molecule has 82 valence electrons. The molecule has 4 nitrogen and oxygen atoms in total. The standard InChI is InChI=1S/C11H11ClN4/c1-7(2)9-6-10(12)14-11(13-9)16-5-4-8(3)15-16/h4-6H,1H2,2-3H3. The molecule has 0 atom stereocenters. The molecule has 16 heavy (non-hydrogen) atoms. The second-order valence-electron chi connectivity index (χ2n) is 3.56. The lowest BCUT2D eigenvalue weighted by Crippen LogP contribution is -2.04. The third-order valence-corrected chi connectivity index (χ3v) is 2.24. The van der Waals surface area contributed by atoms with Crippen molar-refractivity contribution in [1.29, 1.82) is 0 Å². The summed E-state index contributed by atoms with van der Waals surface area (Å²) in [6, 6.07) is 3.56. The van der Waals surface area contributed by atoms with Gasteiger partial charge in [0.1, 0.15) is 5.15 Å². The number of aryl methyl sites for hydroxylation is 1. The van der Waals surface area contributed by atoms with E-state index in [1.54, 1.807) is 16.9 Å². The summed E-state index contributed by atoms with van der Waals surface area (Å²) >= 11 is 5.92. The summed E-state index contributed by atoms with van der Waals surface area (Å²) in [7, 11) is 0. The number of aromatic nitrogens is 4.